The molecule has 1 heterocycles. The molecule has 1 aliphatic rings. The number of nitrogens with one attached hydrogen (secondary N) is 2. The Kier molecular flexibility index (Phi) is 7.11. The molecule has 1 atom stereocenters. The number of alkyl halides is 3. The molecule has 0 spiro atoms. The number of nitrogens with zero attached hydrogens (tertiary/aromatic N) is 3. The fraction of sp³-hybridized carbons (Fsp3) is 0.200. The van der Waals surface area contributed by atoms with E-state index in [1.54, 1.807) is 6.92 Å². The molecule has 0 aromatic heterocycles. The Morgan fingerprint density at radius 1 is 1.21 bits per heavy atom. The Hall–Kier alpha value is -3.74. The minimum Gasteiger partial charge on any atom is -0.325 e. The average molecular weight is 479 g/mol. The number of halogens is 3. The molecule has 172 valence electrons. The molecule has 0 radical (unpaired) electrons. The molecule has 2 N–H and O–H groups in total. The number of amides is 2. The summed E-state index contributed by atoms with van der Waals surface area (Å²) in [6, 6.07) is 10.2. The third-order valence-electron chi connectivity index (χ3n) is 4.44. The third kappa shape index (κ3) is 6.16. The van der Waals surface area contributed by atoms with Crippen molar-refractivity contribution >= 4 is 45.8 Å². The van der Waals surface area contributed by atoms with Gasteiger partial charge in [0, 0.05) is 18.6 Å². The number of hydrogen-bond acceptors (Lipinski definition) is 7. The van der Waals surface area contributed by atoms with E-state index in [4.69, 9.17) is 0 Å². The summed E-state index contributed by atoms with van der Waals surface area (Å²) >= 11 is 0.921. The van der Waals surface area contributed by atoms with Crippen LogP contribution in [0.1, 0.15) is 24.5 Å². The maximum Gasteiger partial charge on any atom is 0.418 e. The summed E-state index contributed by atoms with van der Waals surface area (Å²) < 4.78 is 39.2. The Morgan fingerprint density at radius 3 is 2.52 bits per heavy atom. The van der Waals surface area contributed by atoms with Gasteiger partial charge in [-0.3, -0.25) is 19.7 Å². The number of benzene rings is 2. The number of thioether (sulfide) groups is 1. The fourth-order valence-electron chi connectivity index (χ4n) is 2.80. The van der Waals surface area contributed by atoms with Crippen LogP contribution in [0.15, 0.2) is 58.7 Å². The number of amidine groups is 1. The summed E-state index contributed by atoms with van der Waals surface area (Å²) in [5, 5.41) is 22.5. The van der Waals surface area contributed by atoms with Crippen molar-refractivity contribution in [2.75, 3.05) is 5.32 Å². The predicted molar refractivity (Wildman–Crippen MR) is 117 cm³/mol. The minimum absolute atomic E-state index is 0.0737. The van der Waals surface area contributed by atoms with Crippen LogP contribution in [0.4, 0.5) is 24.5 Å². The normalized spacial score (nSPS) is 17.7. The molecule has 2 aromatic carbocycles. The number of hydrogen-bond donors (Lipinski definition) is 2. The third-order valence-corrected chi connectivity index (χ3v) is 5.51. The van der Waals surface area contributed by atoms with Crippen LogP contribution in [-0.2, 0) is 15.8 Å². The van der Waals surface area contributed by atoms with Gasteiger partial charge in [-0.15, -0.1) is 5.10 Å². The molecule has 1 aliphatic heterocycles. The molecule has 0 saturated carbocycles. The van der Waals surface area contributed by atoms with E-state index in [1.165, 1.54) is 36.4 Å². The Morgan fingerprint density at radius 2 is 1.88 bits per heavy atom. The fourth-order valence-corrected chi connectivity index (χ4v) is 3.72. The first-order valence-electron chi connectivity index (χ1n) is 9.35. The second-order valence-electron chi connectivity index (χ2n) is 6.79. The van der Waals surface area contributed by atoms with Crippen molar-refractivity contribution in [1.29, 1.82) is 0 Å². The Labute approximate surface area is 189 Å². The van der Waals surface area contributed by atoms with E-state index in [1.807, 2.05) is 0 Å². The molecular formula is C20H16F3N5O4S. The molecule has 9 nitrogen and oxygen atoms in total. The highest BCUT2D eigenvalue weighted by molar-refractivity contribution is 8.15. The van der Waals surface area contributed by atoms with Gasteiger partial charge >= 0.3 is 6.18 Å². The molecule has 1 fully saturated rings. The second-order valence-corrected chi connectivity index (χ2v) is 7.98. The van der Waals surface area contributed by atoms with Crippen LogP contribution in [0, 0.1) is 10.1 Å². The van der Waals surface area contributed by atoms with E-state index in [0.717, 1.165) is 23.9 Å². The average Bonchev–Trinajstić information content (AvgIpc) is 3.10. The van der Waals surface area contributed by atoms with Crippen molar-refractivity contribution in [2.24, 2.45) is 10.2 Å². The van der Waals surface area contributed by atoms with Crippen LogP contribution >= 0.6 is 11.8 Å². The minimum atomic E-state index is -4.64. The smallest absolute Gasteiger partial charge is 0.325 e. The first-order chi connectivity index (χ1) is 15.5. The quantitative estimate of drug-likeness (QED) is 0.369. The number of carbonyl (C=O) groups excluding carboxylic acids is 2. The molecular weight excluding hydrogens is 463 g/mol. The summed E-state index contributed by atoms with van der Waals surface area (Å²) in [5.41, 5.74) is -0.443. The molecule has 1 unspecified atom stereocenters. The van der Waals surface area contributed by atoms with Crippen LogP contribution in [0.25, 0.3) is 0 Å². The number of anilines is 1. The van der Waals surface area contributed by atoms with Gasteiger partial charge in [0.2, 0.25) is 11.8 Å². The standard InChI is InChI=1S/C20H16F3N5O4S/c1-11(12-6-8-13(9-7-12)28(31)32)26-27-19-25-18(30)16(33-19)10-17(29)24-15-5-3-2-4-14(15)20(21,22)23/h2-9,16H,10H2,1H3,(H,24,29)(H,25,27,30)/b26-11+. The molecule has 2 amide bonds. The lowest BCUT2D eigenvalue weighted by Gasteiger charge is -2.14. The topological polar surface area (TPSA) is 126 Å². The molecule has 33 heavy (non-hydrogen) atoms. The zero-order valence-corrected chi connectivity index (χ0v) is 17.7. The highest BCUT2D eigenvalue weighted by Gasteiger charge is 2.35. The van der Waals surface area contributed by atoms with Crippen LogP contribution in [0.3, 0.4) is 0 Å². The van der Waals surface area contributed by atoms with Gasteiger partial charge in [-0.2, -0.15) is 18.3 Å². The van der Waals surface area contributed by atoms with Crippen molar-refractivity contribution in [3.05, 3.63) is 69.8 Å². The molecule has 0 bridgehead atoms. The molecule has 2 aromatic rings. The van der Waals surface area contributed by atoms with Gasteiger partial charge in [0.1, 0.15) is 5.25 Å². The SMILES string of the molecule is C/C(=N\N=C1\NC(=O)C(CC(=O)Nc2ccccc2C(F)(F)F)S1)c1ccc([N+](=O)[O-])cc1. The number of carbonyl (C=O) groups is 2. The highest BCUT2D eigenvalue weighted by atomic mass is 32.2. The van der Waals surface area contributed by atoms with Gasteiger partial charge in [-0.25, -0.2) is 0 Å². The van der Waals surface area contributed by atoms with Crippen molar-refractivity contribution in [3.63, 3.8) is 0 Å². The monoisotopic (exact) mass is 479 g/mol. The van der Waals surface area contributed by atoms with E-state index in [-0.39, 0.29) is 17.3 Å². The van der Waals surface area contributed by atoms with Gasteiger partial charge in [0.05, 0.1) is 21.9 Å². The summed E-state index contributed by atoms with van der Waals surface area (Å²) in [4.78, 5) is 34.6. The van der Waals surface area contributed by atoms with Crippen LogP contribution < -0.4 is 10.6 Å². The molecule has 3 rings (SSSR count). The zero-order valence-electron chi connectivity index (χ0n) is 16.9. The zero-order chi connectivity index (χ0) is 24.2. The van der Waals surface area contributed by atoms with Gasteiger partial charge in [0.25, 0.3) is 5.69 Å². The number of non-ortho nitro benzene ring substituents is 1. The van der Waals surface area contributed by atoms with Crippen LogP contribution in [-0.4, -0.2) is 32.9 Å². The Balaban J connectivity index is 1.63. The number of nitro groups is 1. The first kappa shape index (κ1) is 23.9. The summed E-state index contributed by atoms with van der Waals surface area (Å²) in [7, 11) is 0. The molecule has 0 aliphatic carbocycles. The van der Waals surface area contributed by atoms with E-state index < -0.39 is 39.4 Å². The van der Waals surface area contributed by atoms with Gasteiger partial charge < -0.3 is 10.6 Å². The van der Waals surface area contributed by atoms with Crippen molar-refractivity contribution < 1.29 is 27.7 Å². The maximum atomic E-state index is 13.1. The maximum absolute atomic E-state index is 13.1. The summed E-state index contributed by atoms with van der Waals surface area (Å²) in [6.45, 7) is 1.62. The van der Waals surface area contributed by atoms with Gasteiger partial charge in [-0.1, -0.05) is 23.9 Å². The van der Waals surface area contributed by atoms with Crippen LogP contribution in [0.2, 0.25) is 0 Å². The van der Waals surface area contributed by atoms with Crippen molar-refractivity contribution in [3.8, 4) is 0 Å². The van der Waals surface area contributed by atoms with Crippen LogP contribution in [0.5, 0.6) is 0 Å². The van der Waals surface area contributed by atoms with E-state index in [0.29, 0.717) is 11.3 Å². The molecule has 13 heteroatoms. The van der Waals surface area contributed by atoms with E-state index in [2.05, 4.69) is 20.8 Å². The second kappa shape index (κ2) is 9.81. The van der Waals surface area contributed by atoms with Crippen molar-refractivity contribution in [1.82, 2.24) is 5.32 Å². The Bertz CT molecular complexity index is 1150. The molecule has 1 saturated heterocycles. The lowest BCUT2D eigenvalue weighted by atomic mass is 10.1. The number of para-hydroxylation sites is 1. The number of rotatable bonds is 6. The summed E-state index contributed by atoms with van der Waals surface area (Å²) in [5.74, 6) is -1.28. The predicted octanol–water partition coefficient (Wildman–Crippen LogP) is 3.95. The first-order valence-corrected chi connectivity index (χ1v) is 10.2. The van der Waals surface area contributed by atoms with E-state index in [9.17, 15) is 32.9 Å². The number of nitro benzene ring substituents is 1. The largest absolute Gasteiger partial charge is 0.418 e. The lowest BCUT2D eigenvalue weighted by Crippen LogP contribution is -2.28. The highest BCUT2D eigenvalue weighted by Crippen LogP contribution is 2.34. The lowest BCUT2D eigenvalue weighted by molar-refractivity contribution is -0.384. The van der Waals surface area contributed by atoms with Crippen molar-refractivity contribution in [2.45, 2.75) is 24.8 Å². The van der Waals surface area contributed by atoms with E-state index >= 15 is 0 Å². The van der Waals surface area contributed by atoms with Gasteiger partial charge in [0.15, 0.2) is 5.17 Å². The van der Waals surface area contributed by atoms with Gasteiger partial charge in [-0.05, 0) is 36.8 Å². The summed E-state index contributed by atoms with van der Waals surface area (Å²) in [6.07, 6.45) is -5.00.